The zero-order chi connectivity index (χ0) is 19.5. The van der Waals surface area contributed by atoms with Crippen LogP contribution in [0.4, 0.5) is 11.4 Å². The van der Waals surface area contributed by atoms with Crippen molar-refractivity contribution >= 4 is 17.3 Å². The molecule has 0 unspecified atom stereocenters. The molecule has 0 heterocycles. The first-order valence-electron chi connectivity index (χ1n) is 9.92. The Morgan fingerprint density at radius 2 is 1.81 bits per heavy atom. The summed E-state index contributed by atoms with van der Waals surface area (Å²) in [5.41, 5.74) is 4.09. The Kier molecular flexibility index (Phi) is 8.69. The molecule has 0 aliphatic rings. The largest absolute Gasteiger partial charge is 0.494 e. The van der Waals surface area contributed by atoms with E-state index in [1.807, 2.05) is 43.3 Å². The normalized spacial score (nSPS) is 10.5. The molecule has 1 amide bonds. The molecule has 0 aromatic heterocycles. The van der Waals surface area contributed by atoms with Gasteiger partial charge in [0, 0.05) is 17.4 Å². The van der Waals surface area contributed by atoms with Gasteiger partial charge in [-0.15, -0.1) is 0 Å². The van der Waals surface area contributed by atoms with Crippen LogP contribution < -0.4 is 15.4 Å². The average Bonchev–Trinajstić information content (AvgIpc) is 2.64. The highest BCUT2D eigenvalue weighted by atomic mass is 16.5. The monoisotopic (exact) mass is 368 g/mol. The Morgan fingerprint density at radius 1 is 1.00 bits per heavy atom. The molecule has 0 saturated carbocycles. The summed E-state index contributed by atoms with van der Waals surface area (Å²) >= 11 is 0. The minimum absolute atomic E-state index is 0.0771. The first-order valence-corrected chi connectivity index (χ1v) is 9.92. The summed E-state index contributed by atoms with van der Waals surface area (Å²) in [6.07, 6.45) is 6.08. The van der Waals surface area contributed by atoms with E-state index in [2.05, 4.69) is 30.5 Å². The first kappa shape index (κ1) is 20.8. The number of anilines is 2. The number of ether oxygens (including phenoxy) is 1. The maximum atomic E-state index is 12.2. The highest BCUT2D eigenvalue weighted by Crippen LogP contribution is 2.19. The van der Waals surface area contributed by atoms with Gasteiger partial charge in [-0.3, -0.25) is 4.79 Å². The van der Waals surface area contributed by atoms with E-state index in [1.54, 1.807) is 0 Å². The second kappa shape index (κ2) is 11.3. The number of carbonyl (C=O) groups excluding carboxylic acids is 1. The molecule has 0 aliphatic heterocycles. The molecule has 2 rings (SSSR count). The number of benzene rings is 2. The summed E-state index contributed by atoms with van der Waals surface area (Å²) in [6.45, 7) is 7.26. The smallest absolute Gasteiger partial charge is 0.243 e. The number of unbranched alkanes of at least 4 members (excludes halogenated alkanes) is 4. The molecule has 27 heavy (non-hydrogen) atoms. The Bertz CT molecular complexity index is 728. The van der Waals surface area contributed by atoms with Gasteiger partial charge in [0.15, 0.2) is 0 Å². The Labute approximate surface area is 163 Å². The predicted octanol–water partition coefficient (Wildman–Crippen LogP) is 5.70. The fraction of sp³-hybridized carbons (Fsp3) is 0.435. The van der Waals surface area contributed by atoms with Crippen molar-refractivity contribution < 1.29 is 9.53 Å². The van der Waals surface area contributed by atoms with E-state index in [-0.39, 0.29) is 12.5 Å². The van der Waals surface area contributed by atoms with Crippen molar-refractivity contribution in [1.29, 1.82) is 0 Å². The zero-order valence-corrected chi connectivity index (χ0v) is 16.8. The van der Waals surface area contributed by atoms with Crippen LogP contribution in [0, 0.1) is 13.8 Å². The third kappa shape index (κ3) is 7.73. The van der Waals surface area contributed by atoms with Gasteiger partial charge in [-0.2, -0.15) is 0 Å². The SMILES string of the molecule is CCCCCCCOc1cccc(NC(=O)CNc2ccc(C)cc2C)c1. The molecular weight excluding hydrogens is 336 g/mol. The molecule has 0 radical (unpaired) electrons. The second-order valence-corrected chi connectivity index (χ2v) is 7.01. The minimum Gasteiger partial charge on any atom is -0.494 e. The maximum absolute atomic E-state index is 12.2. The van der Waals surface area contributed by atoms with Crippen LogP contribution in [0.15, 0.2) is 42.5 Å². The highest BCUT2D eigenvalue weighted by Gasteiger charge is 2.05. The molecule has 4 heteroatoms. The summed E-state index contributed by atoms with van der Waals surface area (Å²) in [5.74, 6) is 0.720. The molecule has 0 spiro atoms. The van der Waals surface area contributed by atoms with Crippen LogP contribution in [0.2, 0.25) is 0 Å². The van der Waals surface area contributed by atoms with Crippen LogP contribution >= 0.6 is 0 Å². The van der Waals surface area contributed by atoms with Crippen LogP contribution in [0.25, 0.3) is 0 Å². The van der Waals surface area contributed by atoms with Crippen molar-refractivity contribution in [1.82, 2.24) is 0 Å². The molecule has 2 aromatic rings. The van der Waals surface area contributed by atoms with Crippen LogP contribution in [-0.4, -0.2) is 19.1 Å². The molecule has 2 aromatic carbocycles. The van der Waals surface area contributed by atoms with Gasteiger partial charge >= 0.3 is 0 Å². The van der Waals surface area contributed by atoms with E-state index in [4.69, 9.17) is 4.74 Å². The molecular formula is C23H32N2O2. The number of carbonyl (C=O) groups is 1. The molecule has 2 N–H and O–H groups in total. The van der Waals surface area contributed by atoms with Crippen LogP contribution in [-0.2, 0) is 4.79 Å². The summed E-state index contributed by atoms with van der Waals surface area (Å²) in [7, 11) is 0. The number of hydrogen-bond donors (Lipinski definition) is 2. The van der Waals surface area contributed by atoms with Gasteiger partial charge in [0.1, 0.15) is 5.75 Å². The minimum atomic E-state index is -0.0771. The van der Waals surface area contributed by atoms with Gasteiger partial charge in [0.25, 0.3) is 0 Å². The fourth-order valence-electron chi connectivity index (χ4n) is 2.95. The topological polar surface area (TPSA) is 50.4 Å². The van der Waals surface area contributed by atoms with E-state index >= 15 is 0 Å². The predicted molar refractivity (Wildman–Crippen MR) is 114 cm³/mol. The summed E-state index contributed by atoms with van der Waals surface area (Å²) in [4.78, 5) is 12.2. The summed E-state index contributed by atoms with van der Waals surface area (Å²) in [6, 6.07) is 13.7. The molecule has 0 aliphatic carbocycles. The van der Waals surface area contributed by atoms with Crippen LogP contribution in [0.3, 0.4) is 0 Å². The van der Waals surface area contributed by atoms with Crippen LogP contribution in [0.5, 0.6) is 5.75 Å². The van der Waals surface area contributed by atoms with Crippen molar-refractivity contribution in [3.05, 3.63) is 53.6 Å². The molecule has 0 bridgehead atoms. The standard InChI is InChI=1S/C23H32N2O2/c1-4-5-6-7-8-14-27-21-11-9-10-20(16-21)25-23(26)17-24-22-13-12-18(2)15-19(22)3/h9-13,15-16,24H,4-8,14,17H2,1-3H3,(H,25,26). The van der Waals surface area contributed by atoms with Gasteiger partial charge in [-0.25, -0.2) is 0 Å². The Balaban J connectivity index is 1.76. The third-order valence-electron chi connectivity index (χ3n) is 4.46. The summed E-state index contributed by atoms with van der Waals surface area (Å²) in [5, 5.41) is 6.11. The molecule has 0 fully saturated rings. The van der Waals surface area contributed by atoms with E-state index in [0.717, 1.165) is 35.7 Å². The van der Waals surface area contributed by atoms with E-state index < -0.39 is 0 Å². The van der Waals surface area contributed by atoms with Gasteiger partial charge in [-0.1, -0.05) is 56.4 Å². The van der Waals surface area contributed by atoms with Gasteiger partial charge in [0.2, 0.25) is 5.91 Å². The summed E-state index contributed by atoms with van der Waals surface area (Å²) < 4.78 is 5.80. The van der Waals surface area contributed by atoms with Gasteiger partial charge < -0.3 is 15.4 Å². The van der Waals surface area contributed by atoms with Gasteiger partial charge in [-0.05, 0) is 44.0 Å². The van der Waals surface area contributed by atoms with Crippen LogP contribution in [0.1, 0.15) is 50.2 Å². The fourth-order valence-corrected chi connectivity index (χ4v) is 2.95. The van der Waals surface area contributed by atoms with Crippen molar-refractivity contribution in [2.75, 3.05) is 23.8 Å². The van der Waals surface area contributed by atoms with Crippen molar-refractivity contribution in [2.24, 2.45) is 0 Å². The number of hydrogen-bond acceptors (Lipinski definition) is 3. The lowest BCUT2D eigenvalue weighted by Crippen LogP contribution is -2.22. The van der Waals surface area contributed by atoms with Crippen molar-refractivity contribution in [2.45, 2.75) is 52.9 Å². The number of nitrogens with one attached hydrogen (secondary N) is 2. The lowest BCUT2D eigenvalue weighted by atomic mass is 10.1. The molecule has 146 valence electrons. The molecule has 0 atom stereocenters. The Morgan fingerprint density at radius 3 is 2.59 bits per heavy atom. The lowest BCUT2D eigenvalue weighted by Gasteiger charge is -2.12. The maximum Gasteiger partial charge on any atom is 0.243 e. The highest BCUT2D eigenvalue weighted by molar-refractivity contribution is 5.94. The second-order valence-electron chi connectivity index (χ2n) is 7.01. The third-order valence-corrected chi connectivity index (χ3v) is 4.46. The molecule has 4 nitrogen and oxygen atoms in total. The molecule has 0 saturated heterocycles. The average molecular weight is 369 g/mol. The number of aryl methyl sites for hydroxylation is 2. The quantitative estimate of drug-likeness (QED) is 0.500. The number of rotatable bonds is 11. The Hall–Kier alpha value is -2.49. The lowest BCUT2D eigenvalue weighted by molar-refractivity contribution is -0.114. The first-order chi connectivity index (χ1) is 13.1. The van der Waals surface area contributed by atoms with Crippen molar-refractivity contribution in [3.63, 3.8) is 0 Å². The van der Waals surface area contributed by atoms with Gasteiger partial charge in [0.05, 0.1) is 13.2 Å². The zero-order valence-electron chi connectivity index (χ0n) is 16.8. The number of amides is 1. The van der Waals surface area contributed by atoms with E-state index in [1.165, 1.54) is 31.2 Å². The van der Waals surface area contributed by atoms with E-state index in [9.17, 15) is 4.79 Å². The van der Waals surface area contributed by atoms with Crippen molar-refractivity contribution in [3.8, 4) is 5.75 Å². The van der Waals surface area contributed by atoms with E-state index in [0.29, 0.717) is 0 Å².